The number of ether oxygens (including phenoxy) is 2. The Kier molecular flexibility index (Phi) is 4.25. The first kappa shape index (κ1) is 12.4. The average molecular weight is 228 g/mol. The van der Waals surface area contributed by atoms with Gasteiger partial charge in [0.2, 0.25) is 0 Å². The summed E-state index contributed by atoms with van der Waals surface area (Å²) in [7, 11) is 1.41. The molecule has 0 saturated carbocycles. The first-order valence-corrected chi connectivity index (χ1v) is 4.77. The van der Waals surface area contributed by atoms with Crippen LogP contribution in [0.2, 0.25) is 0 Å². The van der Waals surface area contributed by atoms with Crippen molar-refractivity contribution in [3.05, 3.63) is 29.1 Å². The van der Waals surface area contributed by atoms with Gasteiger partial charge in [-0.3, -0.25) is 0 Å². The second-order valence-electron chi connectivity index (χ2n) is 3.12. The lowest BCUT2D eigenvalue weighted by Crippen LogP contribution is -2.05. The first-order chi connectivity index (χ1) is 7.60. The van der Waals surface area contributed by atoms with E-state index in [-0.39, 0.29) is 30.1 Å². The number of carboxylic acid groups (broad SMARTS) is 1. The van der Waals surface area contributed by atoms with Gasteiger partial charge in [-0.15, -0.1) is 0 Å². The summed E-state index contributed by atoms with van der Waals surface area (Å²) >= 11 is 0. The van der Waals surface area contributed by atoms with Gasteiger partial charge in [0.15, 0.2) is 11.6 Å². The predicted molar refractivity (Wildman–Crippen MR) is 55.2 cm³/mol. The van der Waals surface area contributed by atoms with Crippen LogP contribution in [0.3, 0.4) is 0 Å². The summed E-state index contributed by atoms with van der Waals surface area (Å²) in [6.45, 7) is 1.97. The Labute approximate surface area is 92.6 Å². The van der Waals surface area contributed by atoms with Gasteiger partial charge in [-0.1, -0.05) is 0 Å². The fraction of sp³-hybridized carbons (Fsp3) is 0.364. The number of aromatic carboxylic acids is 1. The molecule has 1 aromatic carbocycles. The maximum Gasteiger partial charge on any atom is 0.335 e. The van der Waals surface area contributed by atoms with E-state index in [1.54, 1.807) is 6.92 Å². The smallest absolute Gasteiger partial charge is 0.335 e. The third-order valence-electron chi connectivity index (χ3n) is 1.96. The van der Waals surface area contributed by atoms with Gasteiger partial charge in [-0.2, -0.15) is 0 Å². The van der Waals surface area contributed by atoms with Crippen molar-refractivity contribution in [1.29, 1.82) is 0 Å². The zero-order chi connectivity index (χ0) is 12.1. The second kappa shape index (κ2) is 5.46. The number of carboxylic acids is 1. The Hall–Kier alpha value is -1.62. The second-order valence-corrected chi connectivity index (χ2v) is 3.12. The number of benzene rings is 1. The molecule has 0 amide bonds. The van der Waals surface area contributed by atoms with Gasteiger partial charge < -0.3 is 14.6 Å². The molecule has 0 radical (unpaired) electrons. The number of halogens is 1. The van der Waals surface area contributed by atoms with Gasteiger partial charge in [-0.25, -0.2) is 9.18 Å². The predicted octanol–water partition coefficient (Wildman–Crippen LogP) is 2.07. The summed E-state index contributed by atoms with van der Waals surface area (Å²) in [6, 6.07) is 2.41. The van der Waals surface area contributed by atoms with Crippen molar-refractivity contribution in [2.75, 3.05) is 13.7 Å². The summed E-state index contributed by atoms with van der Waals surface area (Å²) in [6.07, 6.45) is 0. The molecular weight excluding hydrogens is 215 g/mol. The van der Waals surface area contributed by atoms with Crippen molar-refractivity contribution in [3.8, 4) is 5.75 Å². The Bertz CT molecular complexity index is 363. The molecule has 0 fully saturated rings. The van der Waals surface area contributed by atoms with E-state index in [2.05, 4.69) is 0 Å². The van der Waals surface area contributed by atoms with E-state index < -0.39 is 11.8 Å². The third kappa shape index (κ3) is 2.70. The van der Waals surface area contributed by atoms with Crippen LogP contribution in [0.5, 0.6) is 5.75 Å². The van der Waals surface area contributed by atoms with Crippen LogP contribution >= 0.6 is 0 Å². The largest absolute Gasteiger partial charge is 0.491 e. The highest BCUT2D eigenvalue weighted by Gasteiger charge is 2.15. The van der Waals surface area contributed by atoms with E-state index in [9.17, 15) is 9.18 Å². The summed E-state index contributed by atoms with van der Waals surface area (Å²) in [4.78, 5) is 10.8. The molecule has 1 rings (SSSR count). The van der Waals surface area contributed by atoms with Crippen LogP contribution in [0.1, 0.15) is 22.8 Å². The summed E-state index contributed by atoms with van der Waals surface area (Å²) < 4.78 is 23.5. The van der Waals surface area contributed by atoms with Gasteiger partial charge >= 0.3 is 5.97 Å². The van der Waals surface area contributed by atoms with Crippen LogP contribution in [0.25, 0.3) is 0 Å². The molecule has 0 bridgehead atoms. The van der Waals surface area contributed by atoms with E-state index >= 15 is 0 Å². The highest BCUT2D eigenvalue weighted by Crippen LogP contribution is 2.24. The normalized spacial score (nSPS) is 10.2. The molecule has 16 heavy (non-hydrogen) atoms. The minimum absolute atomic E-state index is 0.00697. The van der Waals surface area contributed by atoms with Crippen molar-refractivity contribution < 1.29 is 23.8 Å². The van der Waals surface area contributed by atoms with Crippen LogP contribution in [0.4, 0.5) is 4.39 Å². The number of methoxy groups -OCH3 is 1. The Morgan fingerprint density at radius 1 is 1.50 bits per heavy atom. The highest BCUT2D eigenvalue weighted by atomic mass is 19.1. The number of hydrogen-bond donors (Lipinski definition) is 1. The molecule has 88 valence electrons. The quantitative estimate of drug-likeness (QED) is 0.838. The Balaban J connectivity index is 3.21. The molecule has 0 atom stereocenters. The minimum Gasteiger partial charge on any atom is -0.491 e. The summed E-state index contributed by atoms with van der Waals surface area (Å²) in [5, 5.41) is 8.84. The lowest BCUT2D eigenvalue weighted by Gasteiger charge is -2.10. The molecule has 5 heteroatoms. The van der Waals surface area contributed by atoms with Gasteiger partial charge in [0.05, 0.1) is 18.8 Å². The van der Waals surface area contributed by atoms with E-state index in [0.717, 1.165) is 0 Å². The lowest BCUT2D eigenvalue weighted by molar-refractivity contribution is 0.0695. The molecule has 4 nitrogen and oxygen atoms in total. The maximum atomic E-state index is 13.7. The van der Waals surface area contributed by atoms with Crippen molar-refractivity contribution >= 4 is 5.97 Å². The standard InChI is InChI=1S/C11H13FO4/c1-3-16-9-5-7(11(13)14)4-8(6-15-2)10(9)12/h4-5H,3,6H2,1-2H3,(H,13,14). The van der Waals surface area contributed by atoms with Crippen LogP contribution in [-0.2, 0) is 11.3 Å². The lowest BCUT2D eigenvalue weighted by atomic mass is 10.1. The Morgan fingerprint density at radius 2 is 2.19 bits per heavy atom. The van der Waals surface area contributed by atoms with Gasteiger partial charge in [0.25, 0.3) is 0 Å². The molecule has 0 aromatic heterocycles. The molecule has 0 aliphatic carbocycles. The fourth-order valence-corrected chi connectivity index (χ4v) is 1.30. The third-order valence-corrected chi connectivity index (χ3v) is 1.96. The van der Waals surface area contributed by atoms with Crippen LogP contribution in [0, 0.1) is 5.82 Å². The zero-order valence-electron chi connectivity index (χ0n) is 9.12. The van der Waals surface area contributed by atoms with Crippen molar-refractivity contribution in [2.45, 2.75) is 13.5 Å². The van der Waals surface area contributed by atoms with Gasteiger partial charge in [-0.05, 0) is 19.1 Å². The topological polar surface area (TPSA) is 55.8 Å². The number of carbonyl (C=O) groups is 1. The molecule has 0 heterocycles. The average Bonchev–Trinajstić information content (AvgIpc) is 2.24. The van der Waals surface area contributed by atoms with E-state index in [4.69, 9.17) is 14.6 Å². The van der Waals surface area contributed by atoms with Crippen molar-refractivity contribution in [1.82, 2.24) is 0 Å². The molecule has 0 saturated heterocycles. The molecule has 0 unspecified atom stereocenters. The van der Waals surface area contributed by atoms with Crippen LogP contribution < -0.4 is 4.74 Å². The zero-order valence-corrected chi connectivity index (χ0v) is 9.12. The fourth-order valence-electron chi connectivity index (χ4n) is 1.30. The van der Waals surface area contributed by atoms with Crippen LogP contribution in [0.15, 0.2) is 12.1 Å². The molecule has 0 aliphatic heterocycles. The molecule has 1 N–H and O–H groups in total. The minimum atomic E-state index is -1.13. The van der Waals surface area contributed by atoms with Crippen molar-refractivity contribution in [2.24, 2.45) is 0 Å². The monoisotopic (exact) mass is 228 g/mol. The van der Waals surface area contributed by atoms with E-state index in [0.29, 0.717) is 0 Å². The highest BCUT2D eigenvalue weighted by molar-refractivity contribution is 5.88. The van der Waals surface area contributed by atoms with Crippen molar-refractivity contribution in [3.63, 3.8) is 0 Å². The Morgan fingerprint density at radius 3 is 2.69 bits per heavy atom. The van der Waals surface area contributed by atoms with Gasteiger partial charge in [0.1, 0.15) is 0 Å². The van der Waals surface area contributed by atoms with E-state index in [1.165, 1.54) is 19.2 Å². The summed E-state index contributed by atoms with van der Waals surface area (Å²) in [5.74, 6) is -1.76. The molecule has 0 aliphatic rings. The number of rotatable bonds is 5. The molecular formula is C11H13FO4. The maximum absolute atomic E-state index is 13.7. The number of hydrogen-bond acceptors (Lipinski definition) is 3. The summed E-state index contributed by atoms with van der Waals surface area (Å²) in [5.41, 5.74) is 0.155. The van der Waals surface area contributed by atoms with Gasteiger partial charge in [0, 0.05) is 12.7 Å². The molecule has 0 spiro atoms. The van der Waals surface area contributed by atoms with E-state index in [1.807, 2.05) is 0 Å². The first-order valence-electron chi connectivity index (χ1n) is 4.77. The van der Waals surface area contributed by atoms with Crippen LogP contribution in [-0.4, -0.2) is 24.8 Å². The SMILES string of the molecule is CCOc1cc(C(=O)O)cc(COC)c1F. The molecule has 1 aromatic rings.